The molecule has 3 aromatic rings. The molecular formula is C21H21N7O3. The molecule has 2 amide bonds. The Morgan fingerprint density at radius 3 is 2.61 bits per heavy atom. The number of benzene rings is 2. The van der Waals surface area contributed by atoms with Gasteiger partial charge in [0.2, 0.25) is 5.84 Å². The number of rotatable bonds is 6. The molecule has 0 spiro atoms. The van der Waals surface area contributed by atoms with Crippen LogP contribution in [0, 0.1) is 6.92 Å². The monoisotopic (exact) mass is 419 g/mol. The Morgan fingerprint density at radius 1 is 1.16 bits per heavy atom. The zero-order chi connectivity index (χ0) is 21.8. The number of nitrogens with zero attached hydrogens (tertiary/aromatic N) is 4. The van der Waals surface area contributed by atoms with Gasteiger partial charge in [-0.05, 0) is 43.3 Å². The van der Waals surface area contributed by atoms with Gasteiger partial charge >= 0.3 is 0 Å². The van der Waals surface area contributed by atoms with E-state index in [1.165, 1.54) is 5.01 Å². The van der Waals surface area contributed by atoms with Crippen molar-refractivity contribution in [2.24, 2.45) is 4.99 Å². The van der Waals surface area contributed by atoms with Gasteiger partial charge < -0.3 is 10.1 Å². The first kappa shape index (κ1) is 20.1. The van der Waals surface area contributed by atoms with Crippen LogP contribution in [0.2, 0.25) is 0 Å². The summed E-state index contributed by atoms with van der Waals surface area (Å²) in [6, 6.07) is 14.7. The number of hydrogen-bond acceptors (Lipinski definition) is 7. The van der Waals surface area contributed by atoms with E-state index in [1.54, 1.807) is 19.2 Å². The maximum Gasteiger partial charge on any atom is 0.288 e. The Hall–Kier alpha value is -4.21. The molecule has 4 rings (SSSR count). The van der Waals surface area contributed by atoms with Crippen LogP contribution in [0.4, 0.5) is 5.69 Å². The standard InChI is InChI=1S/C21H21N7O3/c1-13-3-7-15(8-4-13)28-18(29)12-22-20(27-28)21(30)23-11-17-24-19(26-25-17)14-5-9-16(31-2)10-6-14/h3-10H,11-12H2,1-2H3,(H,22,27)(H,23,30)(H,24,25,26). The van der Waals surface area contributed by atoms with Crippen molar-refractivity contribution in [2.75, 3.05) is 18.7 Å². The first-order chi connectivity index (χ1) is 15.0. The van der Waals surface area contributed by atoms with Crippen molar-refractivity contribution in [2.45, 2.75) is 13.5 Å². The number of amides is 2. The minimum Gasteiger partial charge on any atom is -0.497 e. The highest BCUT2D eigenvalue weighted by Crippen LogP contribution is 2.19. The molecule has 0 saturated carbocycles. The molecule has 2 heterocycles. The summed E-state index contributed by atoms with van der Waals surface area (Å²) < 4.78 is 5.14. The summed E-state index contributed by atoms with van der Waals surface area (Å²) in [5, 5.41) is 11.0. The van der Waals surface area contributed by atoms with Crippen molar-refractivity contribution in [3.05, 3.63) is 59.9 Å². The topological polar surface area (TPSA) is 125 Å². The number of carbonyl (C=O) groups excluding carboxylic acids is 2. The largest absolute Gasteiger partial charge is 0.497 e. The van der Waals surface area contributed by atoms with Gasteiger partial charge in [0.05, 0.1) is 19.3 Å². The van der Waals surface area contributed by atoms with E-state index in [0.29, 0.717) is 17.3 Å². The number of anilines is 1. The van der Waals surface area contributed by atoms with Gasteiger partial charge in [0, 0.05) is 5.56 Å². The van der Waals surface area contributed by atoms with E-state index in [-0.39, 0.29) is 24.8 Å². The third-order valence-electron chi connectivity index (χ3n) is 4.64. The molecule has 10 nitrogen and oxygen atoms in total. The van der Waals surface area contributed by atoms with Crippen LogP contribution in [-0.2, 0) is 16.1 Å². The van der Waals surface area contributed by atoms with Crippen LogP contribution in [0.5, 0.6) is 5.75 Å². The van der Waals surface area contributed by atoms with Crippen LogP contribution in [0.15, 0.2) is 53.5 Å². The normalized spacial score (nSPS) is 13.4. The number of ether oxygens (including phenoxy) is 1. The van der Waals surface area contributed by atoms with Crippen molar-refractivity contribution < 1.29 is 14.3 Å². The van der Waals surface area contributed by atoms with Crippen molar-refractivity contribution in [1.29, 1.82) is 0 Å². The van der Waals surface area contributed by atoms with Crippen LogP contribution in [0.3, 0.4) is 0 Å². The van der Waals surface area contributed by atoms with Crippen LogP contribution in [-0.4, -0.2) is 46.5 Å². The fraction of sp³-hybridized carbons (Fsp3) is 0.190. The summed E-state index contributed by atoms with van der Waals surface area (Å²) in [6.07, 6.45) is 0. The highest BCUT2D eigenvalue weighted by atomic mass is 16.5. The summed E-state index contributed by atoms with van der Waals surface area (Å²) in [5.74, 6) is 1.09. The van der Waals surface area contributed by atoms with Crippen LogP contribution in [0.25, 0.3) is 11.4 Å². The van der Waals surface area contributed by atoms with E-state index in [0.717, 1.165) is 16.9 Å². The summed E-state index contributed by atoms with van der Waals surface area (Å²) in [7, 11) is 1.60. The Kier molecular flexibility index (Phi) is 5.61. The molecule has 0 unspecified atom stereocenters. The number of aliphatic imine (C=N–C) groups is 1. The third kappa shape index (κ3) is 4.53. The van der Waals surface area contributed by atoms with E-state index < -0.39 is 5.91 Å². The lowest BCUT2D eigenvalue weighted by molar-refractivity contribution is -0.118. The molecule has 31 heavy (non-hydrogen) atoms. The van der Waals surface area contributed by atoms with Gasteiger partial charge in [-0.3, -0.25) is 25.1 Å². The van der Waals surface area contributed by atoms with Crippen molar-refractivity contribution in [3.8, 4) is 17.1 Å². The molecule has 3 N–H and O–H groups in total. The molecule has 0 aliphatic carbocycles. The number of hydrazine groups is 1. The number of carbonyl (C=O) groups is 2. The Labute approximate surface area is 178 Å². The second-order valence-corrected chi connectivity index (χ2v) is 6.86. The lowest BCUT2D eigenvalue weighted by atomic mass is 10.2. The second kappa shape index (κ2) is 8.66. The molecule has 0 fully saturated rings. The summed E-state index contributed by atoms with van der Waals surface area (Å²) >= 11 is 0. The number of methoxy groups -OCH3 is 1. The molecule has 0 radical (unpaired) electrons. The lowest BCUT2D eigenvalue weighted by Crippen LogP contribution is -2.55. The van der Waals surface area contributed by atoms with Gasteiger partial charge in [-0.1, -0.05) is 17.7 Å². The average molecular weight is 419 g/mol. The number of aromatic nitrogens is 3. The molecule has 1 aliphatic rings. The summed E-state index contributed by atoms with van der Waals surface area (Å²) in [4.78, 5) is 33.2. The molecule has 0 bridgehead atoms. The third-order valence-corrected chi connectivity index (χ3v) is 4.64. The predicted octanol–water partition coefficient (Wildman–Crippen LogP) is 1.35. The molecule has 1 aromatic heterocycles. The van der Waals surface area contributed by atoms with Gasteiger partial charge in [0.25, 0.3) is 11.8 Å². The minimum atomic E-state index is -0.452. The van der Waals surface area contributed by atoms with Gasteiger partial charge in [0.1, 0.15) is 18.1 Å². The van der Waals surface area contributed by atoms with Gasteiger partial charge in [-0.2, -0.15) is 5.10 Å². The zero-order valence-electron chi connectivity index (χ0n) is 17.0. The second-order valence-electron chi connectivity index (χ2n) is 6.86. The maximum atomic E-state index is 12.5. The molecular weight excluding hydrogens is 398 g/mol. The minimum absolute atomic E-state index is 0.0510. The van der Waals surface area contributed by atoms with Crippen LogP contribution < -0.4 is 20.5 Å². The number of aromatic amines is 1. The Bertz CT molecular complexity index is 1120. The van der Waals surface area contributed by atoms with E-state index in [9.17, 15) is 9.59 Å². The fourth-order valence-electron chi connectivity index (χ4n) is 2.94. The molecule has 1 aliphatic heterocycles. The first-order valence-electron chi connectivity index (χ1n) is 9.58. The molecule has 10 heteroatoms. The molecule has 0 atom stereocenters. The highest BCUT2D eigenvalue weighted by Gasteiger charge is 2.25. The SMILES string of the molecule is COc1ccc(-c2n[nH]c(CNC(=O)C3=NCC(=O)N(c4ccc(C)cc4)N3)n2)cc1. The van der Waals surface area contributed by atoms with Gasteiger partial charge in [-0.15, -0.1) is 0 Å². The molecule has 2 aromatic carbocycles. The number of hydrogen-bond donors (Lipinski definition) is 3. The van der Waals surface area contributed by atoms with Crippen LogP contribution in [0.1, 0.15) is 11.4 Å². The number of H-pyrrole nitrogens is 1. The number of aryl methyl sites for hydroxylation is 1. The van der Waals surface area contributed by atoms with E-state index in [1.807, 2.05) is 43.3 Å². The summed E-state index contributed by atoms with van der Waals surface area (Å²) in [5.41, 5.74) is 5.30. The van der Waals surface area contributed by atoms with E-state index in [4.69, 9.17) is 4.74 Å². The van der Waals surface area contributed by atoms with Crippen molar-refractivity contribution in [1.82, 2.24) is 25.9 Å². The smallest absolute Gasteiger partial charge is 0.288 e. The summed E-state index contributed by atoms with van der Waals surface area (Å²) in [6.45, 7) is 1.97. The maximum absolute atomic E-state index is 12.5. The number of amidine groups is 1. The lowest BCUT2D eigenvalue weighted by Gasteiger charge is -2.27. The Morgan fingerprint density at radius 2 is 1.90 bits per heavy atom. The van der Waals surface area contributed by atoms with Crippen molar-refractivity contribution in [3.63, 3.8) is 0 Å². The quantitative estimate of drug-likeness (QED) is 0.554. The van der Waals surface area contributed by atoms with Gasteiger partial charge in [0.15, 0.2) is 5.82 Å². The fourth-order valence-corrected chi connectivity index (χ4v) is 2.94. The van der Waals surface area contributed by atoms with E-state index in [2.05, 4.69) is 30.9 Å². The van der Waals surface area contributed by atoms with Crippen molar-refractivity contribution >= 4 is 23.3 Å². The molecule has 158 valence electrons. The average Bonchev–Trinajstić information content (AvgIpc) is 3.27. The van der Waals surface area contributed by atoms with Crippen LogP contribution >= 0.6 is 0 Å². The number of nitrogens with one attached hydrogen (secondary N) is 3. The van der Waals surface area contributed by atoms with E-state index >= 15 is 0 Å². The highest BCUT2D eigenvalue weighted by molar-refractivity contribution is 6.39. The zero-order valence-corrected chi connectivity index (χ0v) is 17.0. The predicted molar refractivity (Wildman–Crippen MR) is 114 cm³/mol. The Balaban J connectivity index is 1.38. The van der Waals surface area contributed by atoms with Gasteiger partial charge in [-0.25, -0.2) is 9.99 Å². The molecule has 0 saturated heterocycles. The first-order valence-corrected chi connectivity index (χ1v) is 9.58.